The number of anilines is 1. The average molecular weight is 353 g/mol. The first-order chi connectivity index (χ1) is 12.7. The minimum absolute atomic E-state index is 0.509. The van der Waals surface area contributed by atoms with Gasteiger partial charge in [-0.1, -0.05) is 35.4 Å². The van der Waals surface area contributed by atoms with Crippen LogP contribution in [0.25, 0.3) is 0 Å². The Labute approximate surface area is 152 Å². The molecule has 1 N–H and O–H groups in total. The molecule has 26 heavy (non-hydrogen) atoms. The fourth-order valence-electron chi connectivity index (χ4n) is 2.54. The van der Waals surface area contributed by atoms with Gasteiger partial charge in [0, 0.05) is 13.6 Å². The Balaban J connectivity index is 1.69. The quantitative estimate of drug-likeness (QED) is 0.671. The zero-order chi connectivity index (χ0) is 18.4. The molecular weight excluding hydrogens is 330 g/mol. The normalized spacial score (nSPS) is 10.6. The van der Waals surface area contributed by atoms with Gasteiger partial charge in [-0.05, 0) is 53.1 Å². The van der Waals surface area contributed by atoms with Gasteiger partial charge in [-0.15, -0.1) is 0 Å². The van der Waals surface area contributed by atoms with E-state index < -0.39 is 0 Å². The van der Waals surface area contributed by atoms with Crippen molar-refractivity contribution in [1.29, 1.82) is 0 Å². The van der Waals surface area contributed by atoms with Crippen LogP contribution in [0.5, 0.6) is 11.5 Å². The molecule has 2 aromatic carbocycles. The van der Waals surface area contributed by atoms with E-state index in [4.69, 9.17) is 9.47 Å². The summed E-state index contributed by atoms with van der Waals surface area (Å²) in [5.41, 5.74) is 3.43. The number of aryl methyl sites for hydroxylation is 2. The Morgan fingerprint density at radius 3 is 2.65 bits per heavy atom. The van der Waals surface area contributed by atoms with E-state index in [2.05, 4.69) is 39.9 Å². The summed E-state index contributed by atoms with van der Waals surface area (Å²) in [6, 6.07) is 14.1. The third-order valence-corrected chi connectivity index (χ3v) is 4.02. The van der Waals surface area contributed by atoms with Gasteiger partial charge in [0.15, 0.2) is 11.5 Å². The molecule has 3 aromatic rings. The summed E-state index contributed by atoms with van der Waals surface area (Å²) in [4.78, 5) is 0. The van der Waals surface area contributed by atoms with Crippen LogP contribution in [-0.2, 0) is 20.2 Å². The molecule has 0 amide bonds. The molecule has 0 bridgehead atoms. The third-order valence-electron chi connectivity index (χ3n) is 4.02. The number of nitrogens with one attached hydrogen (secondary N) is 1. The second-order valence-electron chi connectivity index (χ2n) is 5.91. The Kier molecular flexibility index (Phi) is 5.68. The molecular formula is C19H23N5O2. The number of nitrogens with zero attached hydrogens (tertiary/aromatic N) is 4. The van der Waals surface area contributed by atoms with Crippen molar-refractivity contribution in [3.8, 4) is 11.5 Å². The average Bonchev–Trinajstić information content (AvgIpc) is 3.05. The van der Waals surface area contributed by atoms with Crippen LogP contribution in [0, 0.1) is 6.92 Å². The summed E-state index contributed by atoms with van der Waals surface area (Å²) >= 11 is 0. The summed E-state index contributed by atoms with van der Waals surface area (Å²) in [6.45, 7) is 5.71. The van der Waals surface area contributed by atoms with Crippen molar-refractivity contribution in [3.05, 3.63) is 59.2 Å². The maximum Gasteiger partial charge on any atom is 0.242 e. The third kappa shape index (κ3) is 4.30. The van der Waals surface area contributed by atoms with Gasteiger partial charge in [0.1, 0.15) is 6.61 Å². The van der Waals surface area contributed by atoms with E-state index in [1.807, 2.05) is 37.3 Å². The van der Waals surface area contributed by atoms with E-state index in [0.717, 1.165) is 22.6 Å². The molecule has 0 saturated carbocycles. The molecule has 1 heterocycles. The summed E-state index contributed by atoms with van der Waals surface area (Å²) < 4.78 is 13.3. The zero-order valence-electron chi connectivity index (χ0n) is 15.3. The highest BCUT2D eigenvalue weighted by Gasteiger charge is 2.09. The van der Waals surface area contributed by atoms with Crippen molar-refractivity contribution >= 4 is 5.95 Å². The van der Waals surface area contributed by atoms with Gasteiger partial charge in [0.05, 0.1) is 6.61 Å². The van der Waals surface area contributed by atoms with Crippen LogP contribution in [0.2, 0.25) is 0 Å². The lowest BCUT2D eigenvalue weighted by Gasteiger charge is -2.14. The fraction of sp³-hybridized carbons (Fsp3) is 0.316. The SMILES string of the molecule is CCOc1cc(CNc2nnnn2C)ccc1OCc1ccccc1C. The number of hydrogen-bond donors (Lipinski definition) is 1. The standard InChI is InChI=1S/C19H23N5O2/c1-4-25-18-11-15(12-20-19-21-22-23-24(19)3)9-10-17(18)26-13-16-8-6-5-7-14(16)2/h5-11H,4,12-13H2,1-3H3,(H,20,21,23). The molecule has 1 aromatic heterocycles. The highest BCUT2D eigenvalue weighted by Crippen LogP contribution is 2.29. The molecule has 0 atom stereocenters. The maximum atomic E-state index is 6.00. The largest absolute Gasteiger partial charge is 0.490 e. The van der Waals surface area contributed by atoms with E-state index in [-0.39, 0.29) is 0 Å². The van der Waals surface area contributed by atoms with Gasteiger partial charge in [0.25, 0.3) is 0 Å². The van der Waals surface area contributed by atoms with Crippen molar-refractivity contribution in [3.63, 3.8) is 0 Å². The van der Waals surface area contributed by atoms with Crippen LogP contribution in [0.4, 0.5) is 5.95 Å². The van der Waals surface area contributed by atoms with Crippen LogP contribution in [0.15, 0.2) is 42.5 Å². The lowest BCUT2D eigenvalue weighted by Crippen LogP contribution is -2.06. The van der Waals surface area contributed by atoms with Gasteiger partial charge in [-0.2, -0.15) is 0 Å². The summed E-state index contributed by atoms with van der Waals surface area (Å²) in [5.74, 6) is 2.08. The minimum Gasteiger partial charge on any atom is -0.490 e. The lowest BCUT2D eigenvalue weighted by atomic mass is 10.1. The first-order valence-corrected chi connectivity index (χ1v) is 8.56. The maximum absolute atomic E-state index is 6.00. The predicted molar refractivity (Wildman–Crippen MR) is 99.2 cm³/mol. The highest BCUT2D eigenvalue weighted by molar-refractivity contribution is 5.44. The predicted octanol–water partition coefficient (Wildman–Crippen LogP) is 3.11. The van der Waals surface area contributed by atoms with Gasteiger partial charge in [-0.25, -0.2) is 4.68 Å². The molecule has 0 saturated heterocycles. The van der Waals surface area contributed by atoms with Gasteiger partial charge < -0.3 is 14.8 Å². The molecule has 136 valence electrons. The highest BCUT2D eigenvalue weighted by atomic mass is 16.5. The molecule has 0 aliphatic rings. The Hall–Kier alpha value is -3.09. The van der Waals surface area contributed by atoms with Gasteiger partial charge in [0.2, 0.25) is 5.95 Å². The van der Waals surface area contributed by atoms with Crippen molar-refractivity contribution in [2.24, 2.45) is 7.05 Å². The van der Waals surface area contributed by atoms with Crippen LogP contribution in [0.1, 0.15) is 23.6 Å². The van der Waals surface area contributed by atoms with E-state index >= 15 is 0 Å². The van der Waals surface area contributed by atoms with Crippen molar-refractivity contribution in [1.82, 2.24) is 20.2 Å². The lowest BCUT2D eigenvalue weighted by molar-refractivity contribution is 0.268. The van der Waals surface area contributed by atoms with Crippen molar-refractivity contribution in [2.45, 2.75) is 27.0 Å². The number of hydrogen-bond acceptors (Lipinski definition) is 6. The number of aromatic nitrogens is 4. The van der Waals surface area contributed by atoms with Crippen molar-refractivity contribution < 1.29 is 9.47 Å². The van der Waals surface area contributed by atoms with E-state index in [1.54, 1.807) is 11.7 Å². The molecule has 0 aliphatic carbocycles. The van der Waals surface area contributed by atoms with E-state index in [9.17, 15) is 0 Å². The van der Waals surface area contributed by atoms with Crippen LogP contribution >= 0.6 is 0 Å². The van der Waals surface area contributed by atoms with Gasteiger partial charge in [-0.3, -0.25) is 0 Å². The number of rotatable bonds is 8. The molecule has 0 radical (unpaired) electrons. The second-order valence-corrected chi connectivity index (χ2v) is 5.91. The van der Waals surface area contributed by atoms with Crippen LogP contribution in [0.3, 0.4) is 0 Å². The van der Waals surface area contributed by atoms with E-state index in [0.29, 0.717) is 25.7 Å². The summed E-state index contributed by atoms with van der Waals surface area (Å²) in [6.07, 6.45) is 0. The molecule has 7 nitrogen and oxygen atoms in total. The molecule has 7 heteroatoms. The molecule has 0 fully saturated rings. The van der Waals surface area contributed by atoms with E-state index in [1.165, 1.54) is 5.56 Å². The molecule has 0 unspecified atom stereocenters. The Bertz CT molecular complexity index is 863. The zero-order valence-corrected chi connectivity index (χ0v) is 15.3. The minimum atomic E-state index is 0.509. The Morgan fingerprint density at radius 2 is 1.92 bits per heavy atom. The van der Waals surface area contributed by atoms with Crippen molar-refractivity contribution in [2.75, 3.05) is 11.9 Å². The Morgan fingerprint density at radius 1 is 1.08 bits per heavy atom. The molecule has 0 spiro atoms. The number of ether oxygens (including phenoxy) is 2. The molecule has 3 rings (SSSR count). The topological polar surface area (TPSA) is 74.1 Å². The summed E-state index contributed by atoms with van der Waals surface area (Å²) in [5, 5.41) is 14.5. The first-order valence-electron chi connectivity index (χ1n) is 8.56. The van der Waals surface area contributed by atoms with Crippen LogP contribution < -0.4 is 14.8 Å². The smallest absolute Gasteiger partial charge is 0.242 e. The monoisotopic (exact) mass is 353 g/mol. The van der Waals surface area contributed by atoms with Crippen LogP contribution in [-0.4, -0.2) is 26.8 Å². The molecule has 0 aliphatic heterocycles. The van der Waals surface area contributed by atoms with Gasteiger partial charge >= 0.3 is 0 Å². The number of tetrazole rings is 1. The first kappa shape index (κ1) is 17.7. The second kappa shape index (κ2) is 8.33. The summed E-state index contributed by atoms with van der Waals surface area (Å²) in [7, 11) is 1.79. The fourth-order valence-corrected chi connectivity index (χ4v) is 2.54. The number of benzene rings is 2.